The molecule has 0 fully saturated rings. The smallest absolute Gasteiger partial charge is 0.0931 e. The molecule has 2 aromatic rings. The first-order valence-electron chi connectivity index (χ1n) is 5.18. The molecule has 2 N–H and O–H groups in total. The van der Waals surface area contributed by atoms with Crippen molar-refractivity contribution in [1.29, 1.82) is 5.26 Å². The monoisotopic (exact) mass is 277 g/mol. The topological polar surface area (TPSA) is 62.7 Å². The number of hydrogen-bond donors (Lipinski definition) is 1. The van der Waals surface area contributed by atoms with Crippen molar-refractivity contribution in [2.45, 2.75) is 6.42 Å². The van der Waals surface area contributed by atoms with Gasteiger partial charge in [0.05, 0.1) is 33.9 Å². The predicted molar refractivity (Wildman–Crippen MR) is 73.4 cm³/mol. The van der Waals surface area contributed by atoms with Crippen LogP contribution in [0.5, 0.6) is 0 Å². The van der Waals surface area contributed by atoms with E-state index < -0.39 is 0 Å². The lowest BCUT2D eigenvalue weighted by atomic mass is 10.1. The van der Waals surface area contributed by atoms with Gasteiger partial charge >= 0.3 is 0 Å². The molecule has 0 bridgehead atoms. The van der Waals surface area contributed by atoms with Crippen molar-refractivity contribution in [2.75, 3.05) is 5.73 Å². The van der Waals surface area contributed by atoms with Gasteiger partial charge in [-0.25, -0.2) is 0 Å². The molecule has 3 nitrogen and oxygen atoms in total. The van der Waals surface area contributed by atoms with Crippen molar-refractivity contribution < 1.29 is 0 Å². The molecular formula is C13H9Cl2N3. The quantitative estimate of drug-likeness (QED) is 0.910. The van der Waals surface area contributed by atoms with Gasteiger partial charge in [-0.3, -0.25) is 4.98 Å². The Morgan fingerprint density at radius 1 is 1.22 bits per heavy atom. The van der Waals surface area contributed by atoms with Gasteiger partial charge in [0, 0.05) is 11.8 Å². The van der Waals surface area contributed by atoms with Crippen molar-refractivity contribution in [3.05, 3.63) is 46.1 Å². The highest BCUT2D eigenvalue weighted by Gasteiger charge is 2.07. The van der Waals surface area contributed by atoms with E-state index in [9.17, 15) is 0 Å². The Bertz CT molecular complexity index is 633. The molecule has 0 radical (unpaired) electrons. The van der Waals surface area contributed by atoms with E-state index in [4.69, 9.17) is 34.2 Å². The summed E-state index contributed by atoms with van der Waals surface area (Å²) in [6.07, 6.45) is 1.93. The van der Waals surface area contributed by atoms with Gasteiger partial charge in [0.1, 0.15) is 0 Å². The van der Waals surface area contributed by atoms with Crippen molar-refractivity contribution in [1.82, 2.24) is 4.98 Å². The minimum absolute atomic E-state index is 0.291. The lowest BCUT2D eigenvalue weighted by molar-refractivity contribution is 1.20. The lowest BCUT2D eigenvalue weighted by Gasteiger charge is -2.07. The van der Waals surface area contributed by atoms with Gasteiger partial charge in [0.2, 0.25) is 0 Å². The summed E-state index contributed by atoms with van der Waals surface area (Å²) in [5.74, 6) is 0. The van der Waals surface area contributed by atoms with E-state index in [0.29, 0.717) is 27.8 Å². The number of nitrogens with two attached hydrogens (primary N) is 1. The minimum Gasteiger partial charge on any atom is -0.397 e. The van der Waals surface area contributed by atoms with Crippen molar-refractivity contribution in [3.8, 4) is 17.3 Å². The van der Waals surface area contributed by atoms with Crippen molar-refractivity contribution >= 4 is 28.9 Å². The summed E-state index contributed by atoms with van der Waals surface area (Å²) in [4.78, 5) is 4.26. The molecule has 18 heavy (non-hydrogen) atoms. The summed E-state index contributed by atoms with van der Waals surface area (Å²) in [6, 6.07) is 9.01. The molecule has 0 atom stereocenters. The molecule has 0 amide bonds. The molecule has 0 saturated carbocycles. The highest BCUT2D eigenvalue weighted by molar-refractivity contribution is 6.42. The Labute approximate surface area is 115 Å². The van der Waals surface area contributed by atoms with Gasteiger partial charge in [0.25, 0.3) is 0 Å². The third-order valence-electron chi connectivity index (χ3n) is 2.45. The highest BCUT2D eigenvalue weighted by atomic mass is 35.5. The Kier molecular flexibility index (Phi) is 3.71. The molecule has 1 aromatic heterocycles. The van der Waals surface area contributed by atoms with Gasteiger partial charge in [-0.1, -0.05) is 29.3 Å². The van der Waals surface area contributed by atoms with Crippen LogP contribution >= 0.6 is 23.2 Å². The number of halogens is 2. The first-order valence-corrected chi connectivity index (χ1v) is 5.94. The van der Waals surface area contributed by atoms with E-state index in [0.717, 1.165) is 11.1 Å². The van der Waals surface area contributed by atoms with Gasteiger partial charge in [-0.15, -0.1) is 0 Å². The van der Waals surface area contributed by atoms with Crippen LogP contribution in [0.15, 0.2) is 30.5 Å². The molecule has 2 rings (SSSR count). The van der Waals surface area contributed by atoms with Gasteiger partial charge in [-0.05, 0) is 23.8 Å². The van der Waals surface area contributed by atoms with E-state index >= 15 is 0 Å². The van der Waals surface area contributed by atoms with Crippen molar-refractivity contribution in [2.24, 2.45) is 0 Å². The van der Waals surface area contributed by atoms with Crippen LogP contribution in [0.4, 0.5) is 5.69 Å². The molecule has 0 aliphatic heterocycles. The second kappa shape index (κ2) is 5.26. The molecular weight excluding hydrogens is 269 g/mol. The van der Waals surface area contributed by atoms with Crippen LogP contribution in [-0.2, 0) is 6.42 Å². The first-order chi connectivity index (χ1) is 8.61. The summed E-state index contributed by atoms with van der Waals surface area (Å²) in [7, 11) is 0. The second-order valence-electron chi connectivity index (χ2n) is 3.75. The summed E-state index contributed by atoms with van der Waals surface area (Å²) in [5, 5.41) is 9.55. The molecule has 1 heterocycles. The van der Waals surface area contributed by atoms with E-state index in [2.05, 4.69) is 11.1 Å². The van der Waals surface area contributed by atoms with E-state index in [1.54, 1.807) is 30.5 Å². The average molecular weight is 278 g/mol. The summed E-state index contributed by atoms with van der Waals surface area (Å²) in [6.45, 7) is 0. The molecule has 5 heteroatoms. The number of nitrogens with zero attached hydrogens (tertiary/aromatic N) is 2. The molecule has 0 aliphatic carbocycles. The minimum atomic E-state index is 0.291. The molecule has 0 aliphatic rings. The lowest BCUT2D eigenvalue weighted by Crippen LogP contribution is -1.96. The highest BCUT2D eigenvalue weighted by Crippen LogP contribution is 2.30. The number of nitriles is 1. The maximum atomic E-state index is 8.61. The van der Waals surface area contributed by atoms with E-state index in [-0.39, 0.29) is 0 Å². The van der Waals surface area contributed by atoms with Crippen LogP contribution in [-0.4, -0.2) is 4.98 Å². The van der Waals surface area contributed by atoms with Gasteiger partial charge in [-0.2, -0.15) is 5.26 Å². The Hall–Kier alpha value is -1.76. The maximum Gasteiger partial charge on any atom is 0.0931 e. The fourth-order valence-electron chi connectivity index (χ4n) is 1.60. The van der Waals surface area contributed by atoms with Crippen LogP contribution in [0.2, 0.25) is 10.0 Å². The van der Waals surface area contributed by atoms with Gasteiger partial charge < -0.3 is 5.73 Å². The van der Waals surface area contributed by atoms with Gasteiger partial charge in [0.15, 0.2) is 0 Å². The number of rotatable bonds is 2. The standard InChI is InChI=1S/C13H9Cl2N3/c14-10-2-1-9(6-11(10)15)13-12(17)5-8(3-4-16)7-18-13/h1-2,5-7H,3,17H2. The molecule has 1 aromatic carbocycles. The van der Waals surface area contributed by atoms with Crippen LogP contribution < -0.4 is 5.73 Å². The van der Waals surface area contributed by atoms with Crippen LogP contribution in [0.1, 0.15) is 5.56 Å². The number of nitrogen functional groups attached to an aromatic ring is 1. The van der Waals surface area contributed by atoms with E-state index in [1.807, 2.05) is 0 Å². The van der Waals surface area contributed by atoms with Crippen LogP contribution in [0.3, 0.4) is 0 Å². The molecule has 90 valence electrons. The fourth-order valence-corrected chi connectivity index (χ4v) is 1.90. The fraction of sp³-hybridized carbons (Fsp3) is 0.0769. The molecule has 0 saturated heterocycles. The molecule has 0 spiro atoms. The normalized spacial score (nSPS) is 10.1. The number of pyridine rings is 1. The number of anilines is 1. The predicted octanol–water partition coefficient (Wildman–Crippen LogP) is 3.70. The second-order valence-corrected chi connectivity index (χ2v) is 4.56. The molecule has 0 unspecified atom stereocenters. The third kappa shape index (κ3) is 2.56. The van der Waals surface area contributed by atoms with Crippen LogP contribution in [0, 0.1) is 11.3 Å². The van der Waals surface area contributed by atoms with Crippen molar-refractivity contribution in [3.63, 3.8) is 0 Å². The number of benzene rings is 1. The largest absolute Gasteiger partial charge is 0.397 e. The summed E-state index contributed by atoms with van der Waals surface area (Å²) >= 11 is 11.8. The Morgan fingerprint density at radius 3 is 2.61 bits per heavy atom. The first kappa shape index (κ1) is 12.7. The zero-order chi connectivity index (χ0) is 13.1. The number of aromatic nitrogens is 1. The number of hydrogen-bond acceptors (Lipinski definition) is 3. The Balaban J connectivity index is 2.45. The van der Waals surface area contributed by atoms with Crippen LogP contribution in [0.25, 0.3) is 11.3 Å². The van der Waals surface area contributed by atoms with E-state index in [1.165, 1.54) is 0 Å². The summed E-state index contributed by atoms with van der Waals surface area (Å²) < 4.78 is 0. The maximum absolute atomic E-state index is 8.61. The zero-order valence-corrected chi connectivity index (χ0v) is 10.8. The third-order valence-corrected chi connectivity index (χ3v) is 3.19. The summed E-state index contributed by atoms with van der Waals surface area (Å²) in [5.41, 5.74) is 8.66. The average Bonchev–Trinajstić information content (AvgIpc) is 2.34. The zero-order valence-electron chi connectivity index (χ0n) is 9.32. The Morgan fingerprint density at radius 2 is 2.00 bits per heavy atom. The SMILES string of the molecule is N#CCc1cnc(-c2ccc(Cl)c(Cl)c2)c(N)c1.